The third-order valence-corrected chi connectivity index (χ3v) is 4.15. The zero-order valence-corrected chi connectivity index (χ0v) is 17.8. The molecule has 0 aliphatic rings. The van der Waals surface area contributed by atoms with Crippen LogP contribution in [0.15, 0.2) is 41.5 Å². The summed E-state index contributed by atoms with van der Waals surface area (Å²) in [7, 11) is 0. The quantitative estimate of drug-likeness (QED) is 0.462. The van der Waals surface area contributed by atoms with E-state index in [0.29, 0.717) is 48.6 Å². The van der Waals surface area contributed by atoms with Gasteiger partial charge in [0.05, 0.1) is 26.0 Å². The van der Waals surface area contributed by atoms with Gasteiger partial charge in [-0.05, 0) is 49.9 Å². The topological polar surface area (TPSA) is 69.2 Å². The molecule has 0 saturated heterocycles. The van der Waals surface area contributed by atoms with E-state index in [9.17, 15) is 4.79 Å². The molecule has 6 nitrogen and oxygen atoms in total. The van der Waals surface area contributed by atoms with E-state index >= 15 is 0 Å². The Morgan fingerprint density at radius 2 is 1.52 bits per heavy atom. The van der Waals surface area contributed by atoms with Crippen LogP contribution in [0.1, 0.15) is 62.0 Å². The van der Waals surface area contributed by atoms with Crippen molar-refractivity contribution in [3.8, 4) is 17.2 Å². The summed E-state index contributed by atoms with van der Waals surface area (Å²) in [6, 6.07) is 11.3. The minimum Gasteiger partial charge on any atom is -0.490 e. The van der Waals surface area contributed by atoms with Gasteiger partial charge >= 0.3 is 0 Å². The highest BCUT2D eigenvalue weighted by Gasteiger charge is 2.18. The van der Waals surface area contributed by atoms with Crippen molar-refractivity contribution in [1.29, 1.82) is 0 Å². The number of benzene rings is 2. The van der Waals surface area contributed by atoms with E-state index in [2.05, 4.69) is 36.5 Å². The second kappa shape index (κ2) is 11.1. The Labute approximate surface area is 172 Å². The van der Waals surface area contributed by atoms with Crippen LogP contribution in [-0.2, 0) is 0 Å². The molecule has 2 aromatic rings. The highest BCUT2D eigenvalue weighted by atomic mass is 16.5. The van der Waals surface area contributed by atoms with Gasteiger partial charge in [-0.25, -0.2) is 5.43 Å². The fraction of sp³-hybridized carbons (Fsp3) is 0.391. The second-order valence-corrected chi connectivity index (χ2v) is 6.62. The summed E-state index contributed by atoms with van der Waals surface area (Å²) in [4.78, 5) is 12.6. The van der Waals surface area contributed by atoms with Crippen LogP contribution in [0.3, 0.4) is 0 Å². The van der Waals surface area contributed by atoms with Crippen molar-refractivity contribution < 1.29 is 19.0 Å². The molecule has 156 valence electrons. The highest BCUT2D eigenvalue weighted by molar-refractivity contribution is 5.96. The monoisotopic (exact) mass is 398 g/mol. The minimum absolute atomic E-state index is 0.356. The lowest BCUT2D eigenvalue weighted by Crippen LogP contribution is -2.18. The van der Waals surface area contributed by atoms with Crippen LogP contribution >= 0.6 is 0 Å². The molecule has 1 amide bonds. The van der Waals surface area contributed by atoms with Crippen molar-refractivity contribution in [2.45, 2.75) is 40.5 Å². The first-order valence-corrected chi connectivity index (χ1v) is 9.99. The van der Waals surface area contributed by atoms with E-state index in [4.69, 9.17) is 14.2 Å². The van der Waals surface area contributed by atoms with Crippen LogP contribution in [0.5, 0.6) is 17.2 Å². The summed E-state index contributed by atoms with van der Waals surface area (Å²) in [5.41, 5.74) is 5.10. The number of rotatable bonds is 10. The molecule has 0 fully saturated rings. The minimum atomic E-state index is -0.356. The Kier molecular flexibility index (Phi) is 8.52. The molecular weight excluding hydrogens is 368 g/mol. The Balaban J connectivity index is 2.18. The molecule has 0 spiro atoms. The molecule has 0 atom stereocenters. The van der Waals surface area contributed by atoms with Gasteiger partial charge in [-0.2, -0.15) is 5.10 Å². The summed E-state index contributed by atoms with van der Waals surface area (Å²) in [6.07, 6.45) is 1.61. The maximum Gasteiger partial charge on any atom is 0.271 e. The average molecular weight is 399 g/mol. The molecule has 6 heteroatoms. The normalized spacial score (nSPS) is 11.0. The molecular formula is C23H30N2O4. The Morgan fingerprint density at radius 3 is 2.00 bits per heavy atom. The number of carbonyl (C=O) groups is 1. The van der Waals surface area contributed by atoms with Crippen LogP contribution in [0.2, 0.25) is 0 Å². The molecule has 0 aromatic heterocycles. The van der Waals surface area contributed by atoms with Gasteiger partial charge in [-0.3, -0.25) is 4.79 Å². The van der Waals surface area contributed by atoms with Crippen LogP contribution in [0.25, 0.3) is 0 Å². The number of ether oxygens (including phenoxy) is 3. The van der Waals surface area contributed by atoms with Gasteiger partial charge in [0.25, 0.3) is 5.91 Å². The number of hydrogen-bond acceptors (Lipinski definition) is 5. The maximum atomic E-state index is 12.6. The van der Waals surface area contributed by atoms with Crippen molar-refractivity contribution in [2.75, 3.05) is 19.8 Å². The number of nitrogens with zero attached hydrogens (tertiary/aromatic N) is 1. The molecule has 0 saturated carbocycles. The smallest absolute Gasteiger partial charge is 0.271 e. The average Bonchev–Trinajstić information content (AvgIpc) is 2.70. The fourth-order valence-electron chi connectivity index (χ4n) is 2.72. The first-order valence-electron chi connectivity index (χ1n) is 9.99. The highest BCUT2D eigenvalue weighted by Crippen LogP contribution is 2.39. The van der Waals surface area contributed by atoms with Crippen molar-refractivity contribution in [1.82, 2.24) is 5.43 Å². The lowest BCUT2D eigenvalue weighted by molar-refractivity contribution is 0.0954. The van der Waals surface area contributed by atoms with Gasteiger partial charge in [-0.15, -0.1) is 0 Å². The first-order chi connectivity index (χ1) is 14.0. The summed E-state index contributed by atoms with van der Waals surface area (Å²) in [6.45, 7) is 11.3. The second-order valence-electron chi connectivity index (χ2n) is 6.62. The van der Waals surface area contributed by atoms with Gasteiger partial charge in [0.15, 0.2) is 11.5 Å². The van der Waals surface area contributed by atoms with Crippen LogP contribution in [0.4, 0.5) is 0 Å². The molecule has 0 heterocycles. The Morgan fingerprint density at radius 1 is 0.966 bits per heavy atom. The van der Waals surface area contributed by atoms with Crippen LogP contribution < -0.4 is 19.6 Å². The molecule has 0 aliphatic heterocycles. The van der Waals surface area contributed by atoms with Crippen LogP contribution in [0, 0.1) is 0 Å². The number of carbonyl (C=O) groups excluding carboxylic acids is 1. The SMILES string of the molecule is CCOc1cc(C(=O)N/N=C\c2ccc(C(C)C)cc2)cc(OCC)c1OCC. The molecule has 1 N–H and O–H groups in total. The van der Waals surface area contributed by atoms with Crippen molar-refractivity contribution in [2.24, 2.45) is 5.10 Å². The number of hydrogen-bond donors (Lipinski definition) is 1. The molecule has 0 radical (unpaired) electrons. The standard InChI is InChI=1S/C23H30N2O4/c1-6-27-20-13-19(14-21(28-7-2)22(20)29-8-3)23(26)25-24-15-17-9-11-18(12-10-17)16(4)5/h9-16H,6-8H2,1-5H3,(H,25,26)/b24-15-. The predicted molar refractivity (Wildman–Crippen MR) is 116 cm³/mol. The molecule has 0 unspecified atom stereocenters. The number of amides is 1. The van der Waals surface area contributed by atoms with Crippen LogP contribution in [-0.4, -0.2) is 31.9 Å². The van der Waals surface area contributed by atoms with Gasteiger partial charge in [-0.1, -0.05) is 38.1 Å². The Hall–Kier alpha value is -3.02. The van der Waals surface area contributed by atoms with E-state index in [1.165, 1.54) is 5.56 Å². The lowest BCUT2D eigenvalue weighted by atomic mass is 10.0. The van der Waals surface area contributed by atoms with E-state index < -0.39 is 0 Å². The third-order valence-electron chi connectivity index (χ3n) is 4.15. The van der Waals surface area contributed by atoms with E-state index in [0.717, 1.165) is 5.56 Å². The summed E-state index contributed by atoms with van der Waals surface area (Å²) < 4.78 is 17.0. The molecule has 2 rings (SSSR count). The molecule has 0 aliphatic carbocycles. The van der Waals surface area contributed by atoms with Gasteiger partial charge in [0.2, 0.25) is 5.75 Å². The first kappa shape index (κ1) is 22.3. The van der Waals surface area contributed by atoms with Crippen molar-refractivity contribution in [3.05, 3.63) is 53.1 Å². The van der Waals surface area contributed by atoms with Crippen molar-refractivity contribution >= 4 is 12.1 Å². The third kappa shape index (κ3) is 6.24. The molecule has 0 bridgehead atoms. The van der Waals surface area contributed by atoms with Gasteiger partial charge in [0.1, 0.15) is 0 Å². The van der Waals surface area contributed by atoms with Gasteiger partial charge < -0.3 is 14.2 Å². The van der Waals surface area contributed by atoms with Gasteiger partial charge in [0, 0.05) is 5.56 Å². The summed E-state index contributed by atoms with van der Waals surface area (Å²) >= 11 is 0. The zero-order chi connectivity index (χ0) is 21.2. The molecule has 29 heavy (non-hydrogen) atoms. The number of nitrogens with one attached hydrogen (secondary N) is 1. The number of hydrazone groups is 1. The molecule has 2 aromatic carbocycles. The fourth-order valence-corrected chi connectivity index (χ4v) is 2.72. The van der Waals surface area contributed by atoms with E-state index in [-0.39, 0.29) is 5.91 Å². The lowest BCUT2D eigenvalue weighted by Gasteiger charge is -2.16. The zero-order valence-electron chi connectivity index (χ0n) is 17.8. The Bertz CT molecular complexity index is 802. The van der Waals surface area contributed by atoms with E-state index in [1.54, 1.807) is 18.3 Å². The van der Waals surface area contributed by atoms with E-state index in [1.807, 2.05) is 32.9 Å². The maximum absolute atomic E-state index is 12.6. The van der Waals surface area contributed by atoms with Crippen molar-refractivity contribution in [3.63, 3.8) is 0 Å². The summed E-state index contributed by atoms with van der Waals surface area (Å²) in [5.74, 6) is 1.56. The largest absolute Gasteiger partial charge is 0.490 e. The predicted octanol–water partition coefficient (Wildman–Crippen LogP) is 4.77. The summed E-state index contributed by atoms with van der Waals surface area (Å²) in [5, 5.41) is 4.07.